The quantitative estimate of drug-likeness (QED) is 0.770. The fourth-order valence-corrected chi connectivity index (χ4v) is 4.55. The zero-order valence-corrected chi connectivity index (χ0v) is 14.6. The first-order valence-electron chi connectivity index (χ1n) is 9.12. The third-order valence-electron chi connectivity index (χ3n) is 5.82. The number of carboxylic acid groups (broad SMARTS) is 1. The Morgan fingerprint density at radius 1 is 1.08 bits per heavy atom. The fourth-order valence-electron chi connectivity index (χ4n) is 4.55. The van der Waals surface area contributed by atoms with E-state index in [9.17, 15) is 14.4 Å². The molecular formula is C19H23N3O4. The van der Waals surface area contributed by atoms with Crippen molar-refractivity contribution >= 4 is 23.5 Å². The average molecular weight is 357 g/mol. The number of hydrogen-bond acceptors (Lipinski definition) is 5. The van der Waals surface area contributed by atoms with Crippen molar-refractivity contribution < 1.29 is 19.5 Å². The molecule has 0 aromatic heterocycles. The molecular weight excluding hydrogens is 334 g/mol. The lowest BCUT2D eigenvalue weighted by molar-refractivity contribution is -0.138. The van der Waals surface area contributed by atoms with Gasteiger partial charge >= 0.3 is 5.97 Å². The van der Waals surface area contributed by atoms with Crippen LogP contribution in [0.1, 0.15) is 24.3 Å². The topological polar surface area (TPSA) is 89.9 Å². The fraction of sp³-hybridized carbons (Fsp3) is 0.526. The van der Waals surface area contributed by atoms with Crippen molar-refractivity contribution in [3.63, 3.8) is 0 Å². The summed E-state index contributed by atoms with van der Waals surface area (Å²) in [4.78, 5) is 38.5. The molecule has 3 aliphatic rings. The number of nitrogens with zero attached hydrogens (tertiary/aromatic N) is 2. The molecule has 26 heavy (non-hydrogen) atoms. The SMILES string of the molecule is O=C(O)CN1C[C@@H]2CN(c3ccc([C@H]4CCC(=O)NC4=O)cc3)C[C@H]2C1. The molecule has 3 saturated heterocycles. The molecule has 3 fully saturated rings. The van der Waals surface area contributed by atoms with Crippen LogP contribution in [0.2, 0.25) is 0 Å². The first-order chi connectivity index (χ1) is 12.5. The Morgan fingerprint density at radius 2 is 1.73 bits per heavy atom. The van der Waals surface area contributed by atoms with Crippen molar-refractivity contribution in [3.8, 4) is 0 Å². The van der Waals surface area contributed by atoms with E-state index in [4.69, 9.17) is 5.11 Å². The Morgan fingerprint density at radius 3 is 2.31 bits per heavy atom. The van der Waals surface area contributed by atoms with Gasteiger partial charge in [-0.3, -0.25) is 24.6 Å². The number of benzene rings is 1. The minimum Gasteiger partial charge on any atom is -0.480 e. The number of rotatable bonds is 4. The Bertz CT molecular complexity index is 719. The van der Waals surface area contributed by atoms with E-state index in [0.717, 1.165) is 37.4 Å². The van der Waals surface area contributed by atoms with Crippen LogP contribution in [0.4, 0.5) is 5.69 Å². The number of carbonyl (C=O) groups is 3. The molecule has 2 N–H and O–H groups in total. The molecule has 0 aliphatic carbocycles. The lowest BCUT2D eigenvalue weighted by Crippen LogP contribution is -2.39. The number of imide groups is 1. The number of carbonyl (C=O) groups excluding carboxylic acids is 2. The lowest BCUT2D eigenvalue weighted by atomic mass is 9.90. The summed E-state index contributed by atoms with van der Waals surface area (Å²) in [5.74, 6) is -0.366. The van der Waals surface area contributed by atoms with Crippen molar-refractivity contribution in [1.29, 1.82) is 0 Å². The van der Waals surface area contributed by atoms with Gasteiger partial charge in [0.2, 0.25) is 11.8 Å². The van der Waals surface area contributed by atoms with E-state index in [1.165, 1.54) is 0 Å². The number of aliphatic carboxylic acids is 1. The van der Waals surface area contributed by atoms with E-state index in [-0.39, 0.29) is 24.3 Å². The predicted octanol–water partition coefficient (Wildman–Crippen LogP) is 0.659. The van der Waals surface area contributed by atoms with Gasteiger partial charge in [0.05, 0.1) is 12.5 Å². The molecule has 1 aromatic carbocycles. The first-order valence-corrected chi connectivity index (χ1v) is 9.12. The molecule has 7 heteroatoms. The second kappa shape index (κ2) is 6.72. The van der Waals surface area contributed by atoms with Gasteiger partial charge in [0.1, 0.15) is 0 Å². The molecule has 3 atom stereocenters. The van der Waals surface area contributed by atoms with Crippen LogP contribution in [0.3, 0.4) is 0 Å². The number of fused-ring (bicyclic) bond motifs is 1. The number of amides is 2. The smallest absolute Gasteiger partial charge is 0.317 e. The molecule has 0 bridgehead atoms. The average Bonchev–Trinajstić information content (AvgIpc) is 3.13. The molecule has 4 rings (SSSR count). The van der Waals surface area contributed by atoms with Gasteiger partial charge < -0.3 is 10.0 Å². The van der Waals surface area contributed by atoms with Crippen LogP contribution in [0.5, 0.6) is 0 Å². The van der Waals surface area contributed by atoms with Gasteiger partial charge in [-0.25, -0.2) is 0 Å². The maximum absolute atomic E-state index is 12.0. The van der Waals surface area contributed by atoms with E-state index in [1.807, 2.05) is 17.0 Å². The van der Waals surface area contributed by atoms with E-state index < -0.39 is 5.97 Å². The number of nitrogens with one attached hydrogen (secondary N) is 1. The summed E-state index contributed by atoms with van der Waals surface area (Å²) in [7, 11) is 0. The maximum atomic E-state index is 12.0. The molecule has 1 aromatic rings. The molecule has 3 heterocycles. The van der Waals surface area contributed by atoms with Crippen molar-refractivity contribution in [3.05, 3.63) is 29.8 Å². The van der Waals surface area contributed by atoms with Crippen LogP contribution in [0.25, 0.3) is 0 Å². The zero-order valence-electron chi connectivity index (χ0n) is 14.6. The number of piperidine rings is 1. The molecule has 0 unspecified atom stereocenters. The highest BCUT2D eigenvalue weighted by Gasteiger charge is 2.40. The van der Waals surface area contributed by atoms with Gasteiger partial charge in [-0.15, -0.1) is 0 Å². The largest absolute Gasteiger partial charge is 0.480 e. The molecule has 0 spiro atoms. The molecule has 2 amide bonds. The van der Waals surface area contributed by atoms with Crippen molar-refractivity contribution in [1.82, 2.24) is 10.2 Å². The van der Waals surface area contributed by atoms with Gasteiger partial charge in [0.15, 0.2) is 0 Å². The van der Waals surface area contributed by atoms with Gasteiger partial charge in [-0.1, -0.05) is 12.1 Å². The van der Waals surface area contributed by atoms with Crippen molar-refractivity contribution in [2.75, 3.05) is 37.6 Å². The van der Waals surface area contributed by atoms with Gasteiger partial charge in [0.25, 0.3) is 0 Å². The molecule has 0 radical (unpaired) electrons. The normalized spacial score (nSPS) is 28.9. The Kier molecular flexibility index (Phi) is 4.40. The van der Waals surface area contributed by atoms with Crippen molar-refractivity contribution in [2.24, 2.45) is 11.8 Å². The number of carboxylic acids is 1. The monoisotopic (exact) mass is 357 g/mol. The van der Waals surface area contributed by atoms with E-state index in [0.29, 0.717) is 24.7 Å². The minimum absolute atomic E-state index is 0.133. The Balaban J connectivity index is 1.38. The van der Waals surface area contributed by atoms with Gasteiger partial charge in [-0.2, -0.15) is 0 Å². The summed E-state index contributed by atoms with van der Waals surface area (Å²) in [6.45, 7) is 3.72. The molecule has 138 valence electrons. The third kappa shape index (κ3) is 3.31. The van der Waals surface area contributed by atoms with E-state index in [2.05, 4.69) is 22.3 Å². The molecule has 0 saturated carbocycles. The molecule has 3 aliphatic heterocycles. The highest BCUT2D eigenvalue weighted by Crippen LogP contribution is 2.34. The second-order valence-electron chi connectivity index (χ2n) is 7.61. The highest BCUT2D eigenvalue weighted by atomic mass is 16.4. The number of likely N-dealkylation sites (tertiary alicyclic amines) is 1. The van der Waals surface area contributed by atoms with Crippen LogP contribution < -0.4 is 10.2 Å². The summed E-state index contributed by atoms with van der Waals surface area (Å²) in [6, 6.07) is 8.07. The standard InChI is InChI=1S/C19H23N3O4/c23-17-6-5-16(19(26)20-17)12-1-3-15(4-2-12)22-9-13-7-21(11-18(24)25)8-14(13)10-22/h1-4,13-14,16H,5-11H2,(H,24,25)(H,20,23,26)/t13-,14-,16-/m1/s1. The van der Waals surface area contributed by atoms with Gasteiger partial charge in [-0.05, 0) is 36.0 Å². The predicted molar refractivity (Wildman–Crippen MR) is 94.8 cm³/mol. The maximum Gasteiger partial charge on any atom is 0.317 e. The number of hydrogen-bond donors (Lipinski definition) is 2. The third-order valence-corrected chi connectivity index (χ3v) is 5.82. The van der Waals surface area contributed by atoms with E-state index in [1.54, 1.807) is 0 Å². The Hall–Kier alpha value is -2.41. The van der Waals surface area contributed by atoms with Crippen molar-refractivity contribution in [2.45, 2.75) is 18.8 Å². The number of anilines is 1. The second-order valence-corrected chi connectivity index (χ2v) is 7.61. The Labute approximate surface area is 152 Å². The summed E-state index contributed by atoms with van der Waals surface area (Å²) in [5.41, 5.74) is 2.09. The summed E-state index contributed by atoms with van der Waals surface area (Å²) in [6.07, 6.45) is 0.956. The summed E-state index contributed by atoms with van der Waals surface area (Å²) in [5, 5.41) is 11.3. The van der Waals surface area contributed by atoms with Gasteiger partial charge in [0, 0.05) is 38.3 Å². The van der Waals surface area contributed by atoms with Crippen LogP contribution in [-0.2, 0) is 14.4 Å². The van der Waals surface area contributed by atoms with Crippen LogP contribution in [0, 0.1) is 11.8 Å². The minimum atomic E-state index is -0.758. The lowest BCUT2D eigenvalue weighted by Gasteiger charge is -2.24. The summed E-state index contributed by atoms with van der Waals surface area (Å²) < 4.78 is 0. The molecule has 7 nitrogen and oxygen atoms in total. The van der Waals surface area contributed by atoms with Crippen LogP contribution in [0.15, 0.2) is 24.3 Å². The highest BCUT2D eigenvalue weighted by molar-refractivity contribution is 6.00. The first kappa shape index (κ1) is 17.0. The van der Waals surface area contributed by atoms with Crippen LogP contribution in [-0.4, -0.2) is 60.5 Å². The van der Waals surface area contributed by atoms with E-state index >= 15 is 0 Å². The van der Waals surface area contributed by atoms with Crippen LogP contribution >= 0.6 is 0 Å². The zero-order chi connectivity index (χ0) is 18.3. The summed E-state index contributed by atoms with van der Waals surface area (Å²) >= 11 is 0.